The highest BCUT2D eigenvalue weighted by Crippen LogP contribution is 2.32. The van der Waals surface area contributed by atoms with E-state index < -0.39 is 0 Å². The minimum atomic E-state index is -0.178. The van der Waals surface area contributed by atoms with Gasteiger partial charge in [-0.1, -0.05) is 40.2 Å². The van der Waals surface area contributed by atoms with Gasteiger partial charge in [-0.15, -0.1) is 0 Å². The molecule has 1 aliphatic rings. The Morgan fingerprint density at radius 3 is 2.65 bits per heavy atom. The Bertz CT molecular complexity index is 766. The van der Waals surface area contributed by atoms with Gasteiger partial charge in [0, 0.05) is 16.2 Å². The predicted molar refractivity (Wildman–Crippen MR) is 93.5 cm³/mol. The van der Waals surface area contributed by atoms with E-state index in [0.29, 0.717) is 0 Å². The van der Waals surface area contributed by atoms with E-state index in [9.17, 15) is 4.79 Å². The fourth-order valence-corrected chi connectivity index (χ4v) is 2.31. The summed E-state index contributed by atoms with van der Waals surface area (Å²) in [6.07, 6.45) is 6.87. The molecule has 1 N–H and O–H groups in total. The van der Waals surface area contributed by atoms with E-state index in [1.807, 2.05) is 48.5 Å². The second kappa shape index (κ2) is 7.15. The van der Waals surface area contributed by atoms with Crippen LogP contribution in [0.25, 0.3) is 6.08 Å². The van der Waals surface area contributed by atoms with Crippen molar-refractivity contribution >= 4 is 33.6 Å². The third-order valence-electron chi connectivity index (χ3n) is 3.16. The molecule has 116 valence electrons. The van der Waals surface area contributed by atoms with Gasteiger partial charge in [0.15, 0.2) is 11.5 Å². The summed E-state index contributed by atoms with van der Waals surface area (Å²) in [4.78, 5) is 11.8. The summed E-state index contributed by atoms with van der Waals surface area (Å²) in [6.45, 7) is 0.263. The molecule has 0 radical (unpaired) electrons. The lowest BCUT2D eigenvalue weighted by Crippen LogP contribution is -2.07. The normalized spacial score (nSPS) is 12.9. The molecule has 0 unspecified atom stereocenters. The molecule has 0 aliphatic carbocycles. The molecule has 0 saturated heterocycles. The topological polar surface area (TPSA) is 47.6 Å². The lowest BCUT2D eigenvalue weighted by atomic mass is 10.2. The second-order valence-corrected chi connectivity index (χ2v) is 5.74. The summed E-state index contributed by atoms with van der Waals surface area (Å²) >= 11 is 3.35. The standard InChI is InChI=1S/C18H14BrNO3/c19-14-6-8-15(9-7-14)20-18(21)4-2-1-3-13-5-10-16-17(11-13)23-12-22-16/h1-11H,12H2,(H,20,21)/b3-1+,4-2+. The average Bonchev–Trinajstić information content (AvgIpc) is 3.01. The Labute approximate surface area is 142 Å². The van der Waals surface area contributed by atoms with Crippen molar-refractivity contribution in [1.29, 1.82) is 0 Å². The van der Waals surface area contributed by atoms with Gasteiger partial charge in [-0.05, 0) is 42.0 Å². The molecule has 5 heteroatoms. The maximum Gasteiger partial charge on any atom is 0.248 e. The third-order valence-corrected chi connectivity index (χ3v) is 3.68. The minimum absolute atomic E-state index is 0.178. The number of benzene rings is 2. The van der Waals surface area contributed by atoms with Gasteiger partial charge in [0.05, 0.1) is 0 Å². The van der Waals surface area contributed by atoms with Gasteiger partial charge < -0.3 is 14.8 Å². The van der Waals surface area contributed by atoms with E-state index in [1.54, 1.807) is 12.2 Å². The van der Waals surface area contributed by atoms with Crippen LogP contribution in [0.3, 0.4) is 0 Å². The summed E-state index contributed by atoms with van der Waals surface area (Å²) in [5.74, 6) is 1.32. The van der Waals surface area contributed by atoms with Crippen LogP contribution in [0.5, 0.6) is 11.5 Å². The Morgan fingerprint density at radius 1 is 1.04 bits per heavy atom. The van der Waals surface area contributed by atoms with E-state index in [-0.39, 0.29) is 12.7 Å². The number of hydrogen-bond acceptors (Lipinski definition) is 3. The number of rotatable bonds is 4. The summed E-state index contributed by atoms with van der Waals surface area (Å²) in [5, 5.41) is 2.78. The molecule has 0 saturated carbocycles. The molecular weight excluding hydrogens is 358 g/mol. The number of amides is 1. The molecule has 0 spiro atoms. The molecule has 3 rings (SSSR count). The van der Waals surface area contributed by atoms with Gasteiger partial charge >= 0.3 is 0 Å². The van der Waals surface area contributed by atoms with E-state index in [2.05, 4.69) is 21.2 Å². The van der Waals surface area contributed by atoms with Crippen LogP contribution < -0.4 is 14.8 Å². The minimum Gasteiger partial charge on any atom is -0.454 e. The zero-order chi connectivity index (χ0) is 16.1. The molecule has 1 amide bonds. The summed E-state index contributed by atoms with van der Waals surface area (Å²) in [5.41, 5.74) is 1.73. The fourth-order valence-electron chi connectivity index (χ4n) is 2.04. The number of ether oxygens (including phenoxy) is 2. The highest BCUT2D eigenvalue weighted by molar-refractivity contribution is 9.10. The van der Waals surface area contributed by atoms with E-state index in [0.717, 1.165) is 27.2 Å². The molecule has 4 nitrogen and oxygen atoms in total. The Hall–Kier alpha value is -2.53. The quantitative estimate of drug-likeness (QED) is 0.640. The van der Waals surface area contributed by atoms with Crippen LogP contribution in [0.15, 0.2) is 65.2 Å². The number of fused-ring (bicyclic) bond motifs is 1. The maximum atomic E-state index is 11.8. The summed E-state index contributed by atoms with van der Waals surface area (Å²) in [7, 11) is 0. The summed E-state index contributed by atoms with van der Waals surface area (Å²) in [6, 6.07) is 13.1. The highest BCUT2D eigenvalue weighted by Gasteiger charge is 2.11. The Kier molecular flexibility index (Phi) is 4.78. The van der Waals surface area contributed by atoms with E-state index >= 15 is 0 Å². The van der Waals surface area contributed by atoms with Gasteiger partial charge in [0.1, 0.15) is 0 Å². The average molecular weight is 372 g/mol. The molecular formula is C18H14BrNO3. The number of hydrogen-bond donors (Lipinski definition) is 1. The first-order valence-corrected chi connectivity index (χ1v) is 7.81. The van der Waals surface area contributed by atoms with Crippen molar-refractivity contribution in [2.75, 3.05) is 12.1 Å². The van der Waals surface area contributed by atoms with Crippen LogP contribution in [0.2, 0.25) is 0 Å². The number of carbonyl (C=O) groups is 1. The van der Waals surface area contributed by atoms with Crippen molar-refractivity contribution in [3.8, 4) is 11.5 Å². The van der Waals surface area contributed by atoms with Crippen molar-refractivity contribution in [1.82, 2.24) is 0 Å². The number of allylic oxidation sites excluding steroid dienone is 2. The molecule has 23 heavy (non-hydrogen) atoms. The van der Waals surface area contributed by atoms with Crippen LogP contribution in [0, 0.1) is 0 Å². The second-order valence-electron chi connectivity index (χ2n) is 4.83. The molecule has 0 atom stereocenters. The fraction of sp³-hybridized carbons (Fsp3) is 0.0556. The lowest BCUT2D eigenvalue weighted by Gasteiger charge is -2.01. The van der Waals surface area contributed by atoms with Gasteiger partial charge in [0.2, 0.25) is 12.7 Å². The molecule has 1 heterocycles. The number of anilines is 1. The first-order chi connectivity index (χ1) is 11.2. The molecule has 2 aromatic rings. The van der Waals surface area contributed by atoms with Crippen LogP contribution in [-0.2, 0) is 4.79 Å². The molecule has 1 aliphatic heterocycles. The van der Waals surface area contributed by atoms with E-state index in [1.165, 1.54) is 6.08 Å². The monoisotopic (exact) mass is 371 g/mol. The van der Waals surface area contributed by atoms with Crippen LogP contribution in [0.1, 0.15) is 5.56 Å². The SMILES string of the molecule is O=C(/C=C/C=C/c1ccc2c(c1)OCO2)Nc1ccc(Br)cc1. The smallest absolute Gasteiger partial charge is 0.248 e. The van der Waals surface area contributed by atoms with E-state index in [4.69, 9.17) is 9.47 Å². The van der Waals surface area contributed by atoms with Crippen molar-refractivity contribution in [2.24, 2.45) is 0 Å². The van der Waals surface area contributed by atoms with Gasteiger partial charge in [-0.25, -0.2) is 0 Å². The van der Waals surface area contributed by atoms with Gasteiger partial charge in [-0.3, -0.25) is 4.79 Å². The van der Waals surface area contributed by atoms with Crippen LogP contribution in [0.4, 0.5) is 5.69 Å². The van der Waals surface area contributed by atoms with Crippen LogP contribution >= 0.6 is 15.9 Å². The number of halogens is 1. The molecule has 0 fully saturated rings. The van der Waals surface area contributed by atoms with Crippen molar-refractivity contribution in [2.45, 2.75) is 0 Å². The molecule has 0 aromatic heterocycles. The first-order valence-electron chi connectivity index (χ1n) is 7.02. The zero-order valence-corrected chi connectivity index (χ0v) is 13.7. The Morgan fingerprint density at radius 2 is 1.83 bits per heavy atom. The lowest BCUT2D eigenvalue weighted by molar-refractivity contribution is -0.111. The molecule has 2 aromatic carbocycles. The first kappa shape index (κ1) is 15.4. The Balaban J connectivity index is 1.55. The molecule has 0 bridgehead atoms. The largest absolute Gasteiger partial charge is 0.454 e. The number of nitrogens with one attached hydrogen (secondary N) is 1. The highest BCUT2D eigenvalue weighted by atomic mass is 79.9. The van der Waals surface area contributed by atoms with Crippen molar-refractivity contribution in [3.63, 3.8) is 0 Å². The van der Waals surface area contributed by atoms with Gasteiger partial charge in [-0.2, -0.15) is 0 Å². The summed E-state index contributed by atoms with van der Waals surface area (Å²) < 4.78 is 11.5. The van der Waals surface area contributed by atoms with Crippen molar-refractivity contribution in [3.05, 3.63) is 70.7 Å². The van der Waals surface area contributed by atoms with Gasteiger partial charge in [0.25, 0.3) is 0 Å². The van der Waals surface area contributed by atoms with Crippen LogP contribution in [-0.4, -0.2) is 12.7 Å². The zero-order valence-electron chi connectivity index (χ0n) is 12.2. The van der Waals surface area contributed by atoms with Crippen molar-refractivity contribution < 1.29 is 14.3 Å². The number of carbonyl (C=O) groups excluding carboxylic acids is 1. The predicted octanol–water partition coefficient (Wildman–Crippen LogP) is 4.39. The third kappa shape index (κ3) is 4.23. The maximum absolute atomic E-state index is 11.8.